The molecule has 29 heavy (non-hydrogen) atoms. The summed E-state index contributed by atoms with van der Waals surface area (Å²) in [5.74, 6) is -0.800. The van der Waals surface area contributed by atoms with Crippen LogP contribution in [0.5, 0.6) is 0 Å². The van der Waals surface area contributed by atoms with Crippen molar-refractivity contribution in [3.8, 4) is 0 Å². The molecule has 2 aromatic heterocycles. The van der Waals surface area contributed by atoms with Gasteiger partial charge in [0.15, 0.2) is 6.61 Å². The summed E-state index contributed by atoms with van der Waals surface area (Å²) in [6.07, 6.45) is 0.714. The van der Waals surface area contributed by atoms with Crippen LogP contribution in [0, 0.1) is 33.5 Å². The largest absolute Gasteiger partial charge is 0.454 e. The van der Waals surface area contributed by atoms with Crippen LogP contribution in [0.1, 0.15) is 49.1 Å². The van der Waals surface area contributed by atoms with Crippen molar-refractivity contribution in [3.05, 3.63) is 75.7 Å². The van der Waals surface area contributed by atoms with E-state index in [-0.39, 0.29) is 23.8 Å². The fraction of sp³-hybridized carbons (Fsp3) is 0.318. The van der Waals surface area contributed by atoms with Gasteiger partial charge in [-0.15, -0.1) is 0 Å². The molecule has 0 N–H and O–H groups in total. The van der Waals surface area contributed by atoms with Crippen molar-refractivity contribution < 1.29 is 23.2 Å². The van der Waals surface area contributed by atoms with E-state index in [4.69, 9.17) is 9.26 Å². The summed E-state index contributed by atoms with van der Waals surface area (Å²) in [5.41, 5.74) is 3.96. The minimum absolute atomic E-state index is 0.252. The lowest BCUT2D eigenvalue weighted by Crippen LogP contribution is -2.16. The molecule has 0 bridgehead atoms. The molecule has 0 amide bonds. The number of rotatable bonds is 7. The minimum atomic E-state index is -0.625. The zero-order chi connectivity index (χ0) is 21.1. The number of ketones is 1. The Morgan fingerprint density at radius 1 is 1.14 bits per heavy atom. The minimum Gasteiger partial charge on any atom is -0.454 e. The van der Waals surface area contributed by atoms with Gasteiger partial charge in [0.25, 0.3) is 0 Å². The summed E-state index contributed by atoms with van der Waals surface area (Å²) in [4.78, 5) is 24.8. The molecule has 6 nitrogen and oxygen atoms in total. The van der Waals surface area contributed by atoms with E-state index in [1.807, 2.05) is 18.4 Å². The van der Waals surface area contributed by atoms with Crippen LogP contribution in [0.4, 0.5) is 4.39 Å². The average molecular weight is 398 g/mol. The Bertz CT molecular complexity index is 1030. The van der Waals surface area contributed by atoms with Crippen molar-refractivity contribution in [2.75, 3.05) is 6.61 Å². The van der Waals surface area contributed by atoms with Crippen molar-refractivity contribution in [1.82, 2.24) is 9.72 Å². The molecule has 0 fully saturated rings. The lowest BCUT2D eigenvalue weighted by Gasteiger charge is -2.10. The number of carbonyl (C=O) groups excluding carboxylic acids is 2. The molecule has 3 rings (SSSR count). The Kier molecular flexibility index (Phi) is 5.96. The first-order valence-corrected chi connectivity index (χ1v) is 9.32. The highest BCUT2D eigenvalue weighted by atomic mass is 19.1. The first kappa shape index (κ1) is 20.5. The Morgan fingerprint density at radius 3 is 2.45 bits per heavy atom. The van der Waals surface area contributed by atoms with Crippen molar-refractivity contribution in [2.24, 2.45) is 0 Å². The maximum atomic E-state index is 13.0. The highest BCUT2D eigenvalue weighted by molar-refractivity contribution is 6.00. The summed E-state index contributed by atoms with van der Waals surface area (Å²) < 4.78 is 25.2. The second kappa shape index (κ2) is 8.43. The number of aryl methyl sites for hydroxylation is 4. The smallest absolute Gasteiger partial charge is 0.344 e. The Hall–Kier alpha value is -3.22. The summed E-state index contributed by atoms with van der Waals surface area (Å²) in [6, 6.07) is 8.18. The van der Waals surface area contributed by atoms with Gasteiger partial charge in [-0.1, -0.05) is 17.3 Å². The summed E-state index contributed by atoms with van der Waals surface area (Å²) in [6.45, 7) is 7.35. The van der Waals surface area contributed by atoms with Crippen LogP contribution in [-0.4, -0.2) is 28.1 Å². The second-order valence-electron chi connectivity index (χ2n) is 7.01. The first-order chi connectivity index (χ1) is 13.8. The first-order valence-electron chi connectivity index (χ1n) is 9.32. The van der Waals surface area contributed by atoms with Crippen LogP contribution >= 0.6 is 0 Å². The monoisotopic (exact) mass is 398 g/mol. The number of Topliss-reactive ketones (excluding diaryl/α,β-unsaturated/α-hetero) is 1. The molecular weight excluding hydrogens is 375 g/mol. The van der Waals surface area contributed by atoms with E-state index in [0.717, 1.165) is 17.0 Å². The zero-order valence-corrected chi connectivity index (χ0v) is 16.9. The lowest BCUT2D eigenvalue weighted by atomic mass is 10.1. The van der Waals surface area contributed by atoms with Crippen molar-refractivity contribution in [3.63, 3.8) is 0 Å². The predicted molar refractivity (Wildman–Crippen MR) is 105 cm³/mol. The van der Waals surface area contributed by atoms with Crippen LogP contribution in [0.3, 0.4) is 0 Å². The van der Waals surface area contributed by atoms with Gasteiger partial charge in [-0.25, -0.2) is 9.18 Å². The third kappa shape index (κ3) is 4.45. The van der Waals surface area contributed by atoms with Gasteiger partial charge in [0.1, 0.15) is 17.1 Å². The van der Waals surface area contributed by atoms with Gasteiger partial charge in [-0.2, -0.15) is 0 Å². The summed E-state index contributed by atoms with van der Waals surface area (Å²) in [5, 5.41) is 3.72. The molecule has 3 aromatic rings. The zero-order valence-electron chi connectivity index (χ0n) is 16.9. The predicted octanol–water partition coefficient (Wildman–Crippen LogP) is 4.13. The van der Waals surface area contributed by atoms with Crippen LogP contribution in [-0.2, 0) is 17.7 Å². The second-order valence-corrected chi connectivity index (χ2v) is 7.01. The molecule has 0 saturated carbocycles. The normalized spacial score (nSPS) is 10.9. The number of halogens is 1. The van der Waals surface area contributed by atoms with E-state index in [2.05, 4.69) is 5.16 Å². The SMILES string of the molecule is Cc1noc(C)c1C(=O)OCC(=O)c1cc(C)n(CCc2ccc(F)cc2)c1C. The van der Waals surface area contributed by atoms with Gasteiger partial charge in [0.05, 0.1) is 5.69 Å². The van der Waals surface area contributed by atoms with Crippen molar-refractivity contribution in [1.29, 1.82) is 0 Å². The van der Waals surface area contributed by atoms with Crippen molar-refractivity contribution in [2.45, 2.75) is 40.7 Å². The molecular formula is C22H23FN2O4. The quantitative estimate of drug-likeness (QED) is 0.442. The van der Waals surface area contributed by atoms with E-state index in [0.29, 0.717) is 30.0 Å². The molecule has 2 heterocycles. The molecule has 1 aromatic carbocycles. The van der Waals surface area contributed by atoms with Gasteiger partial charge < -0.3 is 13.8 Å². The Morgan fingerprint density at radius 2 is 1.83 bits per heavy atom. The van der Waals surface area contributed by atoms with E-state index < -0.39 is 5.97 Å². The number of nitrogens with zero attached hydrogens (tertiary/aromatic N) is 2. The highest BCUT2D eigenvalue weighted by Gasteiger charge is 2.22. The van der Waals surface area contributed by atoms with Gasteiger partial charge in [0, 0.05) is 23.5 Å². The molecule has 0 aliphatic rings. The third-order valence-corrected chi connectivity index (χ3v) is 4.98. The highest BCUT2D eigenvalue weighted by Crippen LogP contribution is 2.18. The molecule has 0 atom stereocenters. The molecule has 0 aliphatic carbocycles. The van der Waals surface area contributed by atoms with E-state index in [1.54, 1.807) is 32.0 Å². The van der Waals surface area contributed by atoms with Gasteiger partial charge in [-0.3, -0.25) is 4.79 Å². The summed E-state index contributed by atoms with van der Waals surface area (Å²) in [7, 11) is 0. The molecule has 0 aliphatic heterocycles. The number of carbonyl (C=O) groups is 2. The van der Waals surface area contributed by atoms with Crippen LogP contribution in [0.25, 0.3) is 0 Å². The van der Waals surface area contributed by atoms with E-state index in [1.165, 1.54) is 12.1 Å². The van der Waals surface area contributed by atoms with Crippen LogP contribution in [0.15, 0.2) is 34.9 Å². The van der Waals surface area contributed by atoms with Gasteiger partial charge >= 0.3 is 5.97 Å². The van der Waals surface area contributed by atoms with E-state index >= 15 is 0 Å². The fourth-order valence-corrected chi connectivity index (χ4v) is 3.37. The number of hydrogen-bond donors (Lipinski definition) is 0. The van der Waals surface area contributed by atoms with Crippen molar-refractivity contribution >= 4 is 11.8 Å². The molecule has 152 valence electrons. The van der Waals surface area contributed by atoms with Gasteiger partial charge in [-0.05, 0) is 57.9 Å². The summed E-state index contributed by atoms with van der Waals surface area (Å²) >= 11 is 0. The number of aromatic nitrogens is 2. The maximum Gasteiger partial charge on any atom is 0.344 e. The lowest BCUT2D eigenvalue weighted by molar-refractivity contribution is 0.0472. The molecule has 0 spiro atoms. The average Bonchev–Trinajstić information content (AvgIpc) is 3.17. The fourth-order valence-electron chi connectivity index (χ4n) is 3.37. The van der Waals surface area contributed by atoms with Crippen LogP contribution in [0.2, 0.25) is 0 Å². The number of hydrogen-bond acceptors (Lipinski definition) is 5. The Labute approximate surface area is 168 Å². The number of benzene rings is 1. The maximum absolute atomic E-state index is 13.0. The Balaban J connectivity index is 1.66. The molecule has 0 saturated heterocycles. The van der Waals surface area contributed by atoms with Crippen LogP contribution < -0.4 is 0 Å². The van der Waals surface area contributed by atoms with E-state index in [9.17, 15) is 14.0 Å². The number of esters is 1. The number of ether oxygens (including phenoxy) is 1. The molecule has 0 unspecified atom stereocenters. The molecule has 0 radical (unpaired) electrons. The molecule has 7 heteroatoms. The van der Waals surface area contributed by atoms with Gasteiger partial charge in [0.2, 0.25) is 5.78 Å². The standard InChI is InChI=1S/C22H23FN2O4/c1-13-11-19(15(3)25(13)10-9-17-5-7-18(23)8-6-17)20(26)12-28-22(27)21-14(2)24-29-16(21)4/h5-8,11H,9-10,12H2,1-4H3. The topological polar surface area (TPSA) is 74.3 Å². The third-order valence-electron chi connectivity index (χ3n) is 4.98.